The van der Waals surface area contributed by atoms with E-state index in [4.69, 9.17) is 5.73 Å². The molecular formula is C15H31N3O. The summed E-state index contributed by atoms with van der Waals surface area (Å²) in [7, 11) is 0. The molecule has 0 spiro atoms. The number of carbonyl (C=O) groups is 1. The van der Waals surface area contributed by atoms with Crippen LogP contribution in [0.5, 0.6) is 0 Å². The van der Waals surface area contributed by atoms with E-state index in [1.54, 1.807) is 0 Å². The van der Waals surface area contributed by atoms with Crippen LogP contribution in [0.25, 0.3) is 0 Å². The van der Waals surface area contributed by atoms with E-state index < -0.39 is 0 Å². The fourth-order valence-corrected chi connectivity index (χ4v) is 2.56. The number of nitrogens with two attached hydrogens (primary N) is 1. The van der Waals surface area contributed by atoms with Crippen LogP contribution in [0.1, 0.15) is 46.0 Å². The first-order chi connectivity index (χ1) is 9.17. The summed E-state index contributed by atoms with van der Waals surface area (Å²) in [6.07, 6.45) is 5.46. The van der Waals surface area contributed by atoms with Crippen LogP contribution in [0, 0.1) is 5.92 Å². The summed E-state index contributed by atoms with van der Waals surface area (Å²) in [6, 6.07) is 0. The molecular weight excluding hydrogens is 238 g/mol. The van der Waals surface area contributed by atoms with E-state index >= 15 is 0 Å². The van der Waals surface area contributed by atoms with Gasteiger partial charge in [0.05, 0.1) is 0 Å². The van der Waals surface area contributed by atoms with Gasteiger partial charge in [0.1, 0.15) is 0 Å². The summed E-state index contributed by atoms with van der Waals surface area (Å²) in [5, 5.41) is 0. The minimum Gasteiger partial charge on any atom is -0.340 e. The SMILES string of the molecule is CCCCCCC(=O)N1CCN(CC(C)CN)CC1. The Labute approximate surface area is 118 Å². The molecule has 0 aromatic rings. The lowest BCUT2D eigenvalue weighted by Gasteiger charge is -2.35. The Balaban J connectivity index is 2.16. The number of piperazine rings is 1. The Morgan fingerprint density at radius 3 is 2.42 bits per heavy atom. The number of hydrogen-bond acceptors (Lipinski definition) is 3. The Kier molecular flexibility index (Phi) is 8.07. The van der Waals surface area contributed by atoms with Gasteiger partial charge in [0.15, 0.2) is 0 Å². The first-order valence-corrected chi connectivity index (χ1v) is 7.87. The minimum atomic E-state index is 0.350. The highest BCUT2D eigenvalue weighted by atomic mass is 16.2. The predicted octanol–water partition coefficient (Wildman–Crippen LogP) is 1.70. The fraction of sp³-hybridized carbons (Fsp3) is 0.933. The first-order valence-electron chi connectivity index (χ1n) is 7.87. The van der Waals surface area contributed by atoms with Crippen molar-refractivity contribution in [2.75, 3.05) is 39.3 Å². The average molecular weight is 269 g/mol. The van der Waals surface area contributed by atoms with Crippen molar-refractivity contribution in [1.29, 1.82) is 0 Å². The van der Waals surface area contributed by atoms with E-state index in [0.29, 0.717) is 11.8 Å². The van der Waals surface area contributed by atoms with Crippen LogP contribution in [0.4, 0.5) is 0 Å². The molecule has 1 heterocycles. The van der Waals surface area contributed by atoms with Crippen molar-refractivity contribution in [2.24, 2.45) is 11.7 Å². The second kappa shape index (κ2) is 9.32. The number of amides is 1. The van der Waals surface area contributed by atoms with Gasteiger partial charge in [0.2, 0.25) is 5.91 Å². The maximum absolute atomic E-state index is 12.0. The van der Waals surface area contributed by atoms with Crippen molar-refractivity contribution < 1.29 is 4.79 Å². The van der Waals surface area contributed by atoms with Crippen molar-refractivity contribution in [1.82, 2.24) is 9.80 Å². The number of unbranched alkanes of at least 4 members (excludes halogenated alkanes) is 3. The number of nitrogens with zero attached hydrogens (tertiary/aromatic N) is 2. The second-order valence-electron chi connectivity index (χ2n) is 5.83. The predicted molar refractivity (Wildman–Crippen MR) is 80.0 cm³/mol. The van der Waals surface area contributed by atoms with Crippen molar-refractivity contribution in [3.05, 3.63) is 0 Å². The van der Waals surface area contributed by atoms with Crippen molar-refractivity contribution >= 4 is 5.91 Å². The van der Waals surface area contributed by atoms with Gasteiger partial charge in [-0.05, 0) is 18.9 Å². The largest absolute Gasteiger partial charge is 0.340 e. The quantitative estimate of drug-likeness (QED) is 0.682. The topological polar surface area (TPSA) is 49.6 Å². The smallest absolute Gasteiger partial charge is 0.222 e. The van der Waals surface area contributed by atoms with Crippen LogP contribution in [-0.4, -0.2) is 55.0 Å². The normalized spacial score (nSPS) is 18.6. The van der Waals surface area contributed by atoms with E-state index in [9.17, 15) is 4.79 Å². The van der Waals surface area contributed by atoms with E-state index in [1.807, 2.05) is 4.90 Å². The highest BCUT2D eigenvalue weighted by Gasteiger charge is 2.21. The third-order valence-corrected chi connectivity index (χ3v) is 3.94. The summed E-state index contributed by atoms with van der Waals surface area (Å²) < 4.78 is 0. The molecule has 0 radical (unpaired) electrons. The van der Waals surface area contributed by atoms with Crippen LogP contribution in [0.2, 0.25) is 0 Å². The van der Waals surface area contributed by atoms with Gasteiger partial charge in [0, 0.05) is 39.1 Å². The molecule has 0 bridgehead atoms. The minimum absolute atomic E-state index is 0.350. The van der Waals surface area contributed by atoms with E-state index in [1.165, 1.54) is 19.3 Å². The Morgan fingerprint density at radius 1 is 1.16 bits per heavy atom. The monoisotopic (exact) mass is 269 g/mol. The molecule has 112 valence electrons. The van der Waals surface area contributed by atoms with Gasteiger partial charge in [0.25, 0.3) is 0 Å². The number of rotatable bonds is 8. The molecule has 4 nitrogen and oxygen atoms in total. The van der Waals surface area contributed by atoms with Crippen molar-refractivity contribution in [2.45, 2.75) is 46.0 Å². The van der Waals surface area contributed by atoms with Crippen LogP contribution in [0.3, 0.4) is 0 Å². The van der Waals surface area contributed by atoms with Crippen LogP contribution < -0.4 is 5.73 Å². The van der Waals surface area contributed by atoms with Gasteiger partial charge in [-0.3, -0.25) is 9.69 Å². The lowest BCUT2D eigenvalue weighted by Crippen LogP contribution is -2.50. The molecule has 19 heavy (non-hydrogen) atoms. The molecule has 1 saturated heterocycles. The van der Waals surface area contributed by atoms with E-state index in [-0.39, 0.29) is 0 Å². The second-order valence-corrected chi connectivity index (χ2v) is 5.83. The molecule has 0 saturated carbocycles. The molecule has 2 N–H and O–H groups in total. The Morgan fingerprint density at radius 2 is 1.84 bits per heavy atom. The molecule has 1 rings (SSSR count). The van der Waals surface area contributed by atoms with Gasteiger partial charge >= 0.3 is 0 Å². The maximum Gasteiger partial charge on any atom is 0.222 e. The highest BCUT2D eigenvalue weighted by molar-refractivity contribution is 5.76. The zero-order valence-electron chi connectivity index (χ0n) is 12.7. The maximum atomic E-state index is 12.0. The van der Waals surface area contributed by atoms with Crippen LogP contribution in [-0.2, 0) is 4.79 Å². The van der Waals surface area contributed by atoms with E-state index in [0.717, 1.165) is 52.1 Å². The molecule has 1 atom stereocenters. The summed E-state index contributed by atoms with van der Waals surface area (Å²) in [5.41, 5.74) is 5.65. The molecule has 1 fully saturated rings. The van der Waals surface area contributed by atoms with Gasteiger partial charge < -0.3 is 10.6 Å². The average Bonchev–Trinajstić information content (AvgIpc) is 2.44. The van der Waals surface area contributed by atoms with Crippen LogP contribution in [0.15, 0.2) is 0 Å². The summed E-state index contributed by atoms with van der Waals surface area (Å²) in [5.74, 6) is 0.902. The lowest BCUT2D eigenvalue weighted by molar-refractivity contribution is -0.133. The molecule has 1 aliphatic heterocycles. The Bertz CT molecular complexity index is 250. The van der Waals surface area contributed by atoms with Gasteiger partial charge in [-0.1, -0.05) is 33.1 Å². The molecule has 1 unspecified atom stereocenters. The molecule has 0 aromatic carbocycles. The summed E-state index contributed by atoms with van der Waals surface area (Å²) in [6.45, 7) is 9.99. The first kappa shape index (κ1) is 16.4. The van der Waals surface area contributed by atoms with Gasteiger partial charge in [-0.2, -0.15) is 0 Å². The molecule has 0 aliphatic carbocycles. The number of hydrogen-bond donors (Lipinski definition) is 1. The fourth-order valence-electron chi connectivity index (χ4n) is 2.56. The van der Waals surface area contributed by atoms with Crippen LogP contribution >= 0.6 is 0 Å². The molecule has 1 amide bonds. The zero-order chi connectivity index (χ0) is 14.1. The van der Waals surface area contributed by atoms with Crippen molar-refractivity contribution in [3.8, 4) is 0 Å². The molecule has 0 aromatic heterocycles. The highest BCUT2D eigenvalue weighted by Crippen LogP contribution is 2.09. The molecule has 1 aliphatic rings. The van der Waals surface area contributed by atoms with Gasteiger partial charge in [-0.15, -0.1) is 0 Å². The Hall–Kier alpha value is -0.610. The zero-order valence-corrected chi connectivity index (χ0v) is 12.7. The number of carbonyl (C=O) groups excluding carboxylic acids is 1. The lowest BCUT2D eigenvalue weighted by atomic mass is 10.1. The van der Waals surface area contributed by atoms with E-state index in [2.05, 4.69) is 18.7 Å². The molecule has 4 heteroatoms. The summed E-state index contributed by atoms with van der Waals surface area (Å²) >= 11 is 0. The summed E-state index contributed by atoms with van der Waals surface area (Å²) in [4.78, 5) is 16.5. The third-order valence-electron chi connectivity index (χ3n) is 3.94. The van der Waals surface area contributed by atoms with Gasteiger partial charge in [-0.25, -0.2) is 0 Å². The van der Waals surface area contributed by atoms with Crippen molar-refractivity contribution in [3.63, 3.8) is 0 Å². The standard InChI is InChI=1S/C15H31N3O/c1-3-4-5-6-7-15(19)18-10-8-17(9-11-18)13-14(2)12-16/h14H,3-13,16H2,1-2H3. The third kappa shape index (κ3) is 6.39.